The average molecular weight is 267 g/mol. The lowest BCUT2D eigenvalue weighted by Crippen LogP contribution is -2.62. The number of rotatable bonds is 2. The molecule has 0 radical (unpaired) electrons. The molecule has 1 aromatic rings. The van der Waals surface area contributed by atoms with E-state index in [1.807, 2.05) is 0 Å². The summed E-state index contributed by atoms with van der Waals surface area (Å²) in [4.78, 5) is 16.1. The summed E-state index contributed by atoms with van der Waals surface area (Å²) in [5.74, 6) is -0.0604. The van der Waals surface area contributed by atoms with Gasteiger partial charge in [-0.3, -0.25) is 4.79 Å². The molecule has 0 bridgehead atoms. The highest BCUT2D eigenvalue weighted by atomic mass is 32.1. The fraction of sp³-hybridized carbons (Fsp3) is 0.692. The van der Waals surface area contributed by atoms with Crippen LogP contribution in [0.25, 0.3) is 0 Å². The van der Waals surface area contributed by atoms with Gasteiger partial charge in [0.25, 0.3) is 5.91 Å². The summed E-state index contributed by atoms with van der Waals surface area (Å²) in [5.41, 5.74) is 2.29. The van der Waals surface area contributed by atoms with Gasteiger partial charge in [0, 0.05) is 22.5 Å². The van der Waals surface area contributed by atoms with Crippen molar-refractivity contribution < 1.29 is 4.79 Å². The van der Waals surface area contributed by atoms with Crippen LogP contribution in [0.15, 0.2) is 10.9 Å². The van der Waals surface area contributed by atoms with E-state index >= 15 is 0 Å². The molecule has 0 spiro atoms. The fourth-order valence-corrected chi connectivity index (χ4v) is 3.54. The molecule has 0 atom stereocenters. The molecule has 1 fully saturated rings. The zero-order chi connectivity index (χ0) is 13.4. The summed E-state index contributed by atoms with van der Waals surface area (Å²) >= 11 is 1.45. The van der Waals surface area contributed by atoms with Crippen molar-refractivity contribution in [3.8, 4) is 0 Å². The minimum absolute atomic E-state index is 0.0434. The predicted octanol–water partition coefficient (Wildman–Crippen LogP) is 2.18. The summed E-state index contributed by atoms with van der Waals surface area (Å²) in [5, 5.41) is 8.49. The van der Waals surface area contributed by atoms with E-state index in [0.29, 0.717) is 5.69 Å². The van der Waals surface area contributed by atoms with Crippen LogP contribution in [0.4, 0.5) is 0 Å². The van der Waals surface area contributed by atoms with Gasteiger partial charge in [-0.2, -0.15) is 0 Å². The van der Waals surface area contributed by atoms with Crippen LogP contribution in [0.5, 0.6) is 0 Å². The Kier molecular flexibility index (Phi) is 3.47. The third-order valence-electron chi connectivity index (χ3n) is 3.19. The first-order valence-electron chi connectivity index (χ1n) is 6.26. The number of carbonyl (C=O) groups is 1. The molecule has 1 saturated heterocycles. The fourth-order valence-electron chi connectivity index (χ4n) is 3.01. The normalized spacial score (nSPS) is 22.7. The summed E-state index contributed by atoms with van der Waals surface area (Å²) in [6, 6.07) is 0.199. The quantitative estimate of drug-likeness (QED) is 0.863. The first kappa shape index (κ1) is 13.5. The molecule has 18 heavy (non-hydrogen) atoms. The maximum Gasteiger partial charge on any atom is 0.270 e. The Bertz CT molecular complexity index is 409. The zero-order valence-electron chi connectivity index (χ0n) is 11.4. The minimum Gasteiger partial charge on any atom is -0.348 e. The molecule has 0 saturated carbocycles. The monoisotopic (exact) mass is 267 g/mol. The van der Waals surface area contributed by atoms with E-state index in [1.165, 1.54) is 11.3 Å². The molecule has 2 heterocycles. The first-order valence-corrected chi connectivity index (χ1v) is 7.20. The Balaban J connectivity index is 2.03. The molecule has 1 aliphatic heterocycles. The third-order valence-corrected chi connectivity index (χ3v) is 3.78. The van der Waals surface area contributed by atoms with Crippen molar-refractivity contribution in [3.63, 3.8) is 0 Å². The van der Waals surface area contributed by atoms with Crippen LogP contribution in [0.2, 0.25) is 0 Å². The second kappa shape index (κ2) is 4.63. The molecule has 0 aromatic carbocycles. The maximum absolute atomic E-state index is 12.0. The second-order valence-electron chi connectivity index (χ2n) is 6.35. The highest BCUT2D eigenvalue weighted by molar-refractivity contribution is 7.07. The van der Waals surface area contributed by atoms with Gasteiger partial charge in [-0.25, -0.2) is 4.98 Å². The SMILES string of the molecule is CC1(C)CC(NC(=O)c2cscn2)CC(C)(C)N1. The molecule has 4 nitrogen and oxygen atoms in total. The Hall–Kier alpha value is -0.940. The van der Waals surface area contributed by atoms with Gasteiger partial charge in [0.05, 0.1) is 5.51 Å². The Morgan fingerprint density at radius 1 is 1.39 bits per heavy atom. The highest BCUT2D eigenvalue weighted by Gasteiger charge is 2.38. The first-order chi connectivity index (χ1) is 8.27. The molecule has 2 rings (SSSR count). The van der Waals surface area contributed by atoms with Gasteiger partial charge >= 0.3 is 0 Å². The molecular formula is C13H21N3OS. The number of aromatic nitrogens is 1. The van der Waals surface area contributed by atoms with Crippen molar-refractivity contribution in [1.82, 2.24) is 15.6 Å². The number of amides is 1. The number of hydrogen-bond acceptors (Lipinski definition) is 4. The van der Waals surface area contributed by atoms with Crippen LogP contribution < -0.4 is 10.6 Å². The maximum atomic E-state index is 12.0. The zero-order valence-corrected chi connectivity index (χ0v) is 12.2. The molecule has 0 aliphatic carbocycles. The van der Waals surface area contributed by atoms with Crippen LogP contribution in [-0.2, 0) is 0 Å². The number of thiazole rings is 1. The van der Waals surface area contributed by atoms with Gasteiger partial charge in [0.1, 0.15) is 5.69 Å². The van der Waals surface area contributed by atoms with E-state index in [0.717, 1.165) is 12.8 Å². The molecular weight excluding hydrogens is 246 g/mol. The lowest BCUT2D eigenvalue weighted by atomic mass is 9.79. The minimum atomic E-state index is -0.0604. The van der Waals surface area contributed by atoms with Crippen LogP contribution in [0.1, 0.15) is 51.0 Å². The number of hydrogen-bond donors (Lipinski definition) is 2. The van der Waals surface area contributed by atoms with Gasteiger partial charge in [-0.05, 0) is 40.5 Å². The van der Waals surface area contributed by atoms with Crippen LogP contribution in [-0.4, -0.2) is 28.0 Å². The number of piperidine rings is 1. The largest absolute Gasteiger partial charge is 0.348 e. The van der Waals surface area contributed by atoms with E-state index in [-0.39, 0.29) is 23.0 Å². The molecule has 0 unspecified atom stereocenters. The van der Waals surface area contributed by atoms with Crippen LogP contribution >= 0.6 is 11.3 Å². The summed E-state index contributed by atoms with van der Waals surface area (Å²) in [7, 11) is 0. The Morgan fingerprint density at radius 2 is 2.00 bits per heavy atom. The Morgan fingerprint density at radius 3 is 2.50 bits per heavy atom. The second-order valence-corrected chi connectivity index (χ2v) is 7.06. The van der Waals surface area contributed by atoms with Crippen molar-refractivity contribution in [1.29, 1.82) is 0 Å². The molecule has 100 valence electrons. The highest BCUT2D eigenvalue weighted by Crippen LogP contribution is 2.28. The molecule has 1 aromatic heterocycles. The van der Waals surface area contributed by atoms with Gasteiger partial charge in [-0.1, -0.05) is 0 Å². The summed E-state index contributed by atoms with van der Waals surface area (Å²) in [6.07, 6.45) is 1.87. The standard InChI is InChI=1S/C13H21N3OS/c1-12(2)5-9(6-13(3,4)16-12)15-11(17)10-7-18-8-14-10/h7-9,16H,5-6H2,1-4H3,(H,15,17). The van der Waals surface area contributed by atoms with E-state index in [1.54, 1.807) is 10.9 Å². The van der Waals surface area contributed by atoms with Crippen molar-refractivity contribution >= 4 is 17.2 Å². The third kappa shape index (κ3) is 3.29. The number of carbonyl (C=O) groups excluding carboxylic acids is 1. The average Bonchev–Trinajstić information content (AvgIpc) is 2.63. The lowest BCUT2D eigenvalue weighted by molar-refractivity contribution is 0.0869. The van der Waals surface area contributed by atoms with E-state index < -0.39 is 0 Å². The van der Waals surface area contributed by atoms with Gasteiger partial charge in [0.2, 0.25) is 0 Å². The molecule has 1 amide bonds. The van der Waals surface area contributed by atoms with E-state index in [9.17, 15) is 4.79 Å². The molecule has 2 N–H and O–H groups in total. The van der Waals surface area contributed by atoms with E-state index in [2.05, 4.69) is 43.3 Å². The van der Waals surface area contributed by atoms with Gasteiger partial charge in [-0.15, -0.1) is 11.3 Å². The van der Waals surface area contributed by atoms with Crippen molar-refractivity contribution in [3.05, 3.63) is 16.6 Å². The Labute approximate surface area is 112 Å². The smallest absolute Gasteiger partial charge is 0.270 e. The predicted molar refractivity (Wildman–Crippen MR) is 73.9 cm³/mol. The number of nitrogens with one attached hydrogen (secondary N) is 2. The molecule has 1 aliphatic rings. The van der Waals surface area contributed by atoms with Crippen molar-refractivity contribution in [2.75, 3.05) is 0 Å². The topological polar surface area (TPSA) is 54.0 Å². The van der Waals surface area contributed by atoms with Crippen molar-refractivity contribution in [2.24, 2.45) is 0 Å². The lowest BCUT2D eigenvalue weighted by Gasteiger charge is -2.46. The van der Waals surface area contributed by atoms with Gasteiger partial charge < -0.3 is 10.6 Å². The molecule has 5 heteroatoms. The summed E-state index contributed by atoms with van der Waals surface area (Å²) < 4.78 is 0. The van der Waals surface area contributed by atoms with Gasteiger partial charge in [0.15, 0.2) is 0 Å². The summed E-state index contributed by atoms with van der Waals surface area (Å²) in [6.45, 7) is 8.71. The van der Waals surface area contributed by atoms with Crippen LogP contribution in [0, 0.1) is 0 Å². The number of nitrogens with zero attached hydrogens (tertiary/aromatic N) is 1. The van der Waals surface area contributed by atoms with Crippen molar-refractivity contribution in [2.45, 2.75) is 57.7 Å². The van der Waals surface area contributed by atoms with Crippen LogP contribution in [0.3, 0.4) is 0 Å². The van der Waals surface area contributed by atoms with E-state index in [4.69, 9.17) is 0 Å².